The highest BCUT2D eigenvalue weighted by molar-refractivity contribution is 7.92. The van der Waals surface area contributed by atoms with Gasteiger partial charge in [0.15, 0.2) is 0 Å². The molecule has 0 aliphatic rings. The lowest BCUT2D eigenvalue weighted by Gasteiger charge is -2.09. The van der Waals surface area contributed by atoms with Crippen LogP contribution in [0.1, 0.15) is 41.6 Å². The number of imidazole rings is 1. The number of aromatic nitrogens is 3. The molecule has 128 valence electrons. The summed E-state index contributed by atoms with van der Waals surface area (Å²) >= 11 is 1.42. The quantitative estimate of drug-likeness (QED) is 0.767. The van der Waals surface area contributed by atoms with Crippen LogP contribution in [0, 0.1) is 20.8 Å². The lowest BCUT2D eigenvalue weighted by molar-refractivity contribution is 0.592. The van der Waals surface area contributed by atoms with Gasteiger partial charge < -0.3 is 0 Å². The SMILES string of the molecule is Cc1ccc(NS(=O)(=O)c2c(C)nc3sc(C(C)C)nn23)cc1C. The summed E-state index contributed by atoms with van der Waals surface area (Å²) in [6, 6.07) is 5.47. The standard InChI is InChI=1S/C16H20N4O2S2/c1-9(2)14-18-20-15(12(5)17-16(20)23-14)24(21,22)19-13-7-6-10(3)11(4)8-13/h6-9,19H,1-5H3. The summed E-state index contributed by atoms with van der Waals surface area (Å²) in [5, 5.41) is 5.38. The first-order valence-corrected chi connectivity index (χ1v) is 9.95. The number of fused-ring (bicyclic) bond motifs is 1. The lowest BCUT2D eigenvalue weighted by atomic mass is 10.1. The third-order valence-electron chi connectivity index (χ3n) is 3.85. The number of hydrogen-bond donors (Lipinski definition) is 1. The fourth-order valence-electron chi connectivity index (χ4n) is 2.40. The number of anilines is 1. The average molecular weight is 364 g/mol. The number of benzene rings is 1. The molecule has 8 heteroatoms. The van der Waals surface area contributed by atoms with Gasteiger partial charge in [-0.1, -0.05) is 31.3 Å². The van der Waals surface area contributed by atoms with Crippen molar-refractivity contribution in [2.45, 2.75) is 45.6 Å². The summed E-state index contributed by atoms with van der Waals surface area (Å²) in [7, 11) is -3.77. The summed E-state index contributed by atoms with van der Waals surface area (Å²) in [6.45, 7) is 9.66. The number of hydrogen-bond acceptors (Lipinski definition) is 5. The maximum atomic E-state index is 12.9. The first-order chi connectivity index (χ1) is 11.2. The Kier molecular flexibility index (Phi) is 4.13. The van der Waals surface area contributed by atoms with Crippen molar-refractivity contribution >= 4 is 32.0 Å². The third-order valence-corrected chi connectivity index (χ3v) is 6.54. The van der Waals surface area contributed by atoms with Crippen LogP contribution >= 0.6 is 11.3 Å². The number of sulfonamides is 1. The Morgan fingerprint density at radius 3 is 2.50 bits per heavy atom. The van der Waals surface area contributed by atoms with Crippen LogP contribution in [0.5, 0.6) is 0 Å². The molecule has 2 aromatic heterocycles. The highest BCUT2D eigenvalue weighted by Crippen LogP contribution is 2.27. The molecule has 0 atom stereocenters. The molecule has 3 rings (SSSR count). The van der Waals surface area contributed by atoms with Crippen molar-refractivity contribution in [3.8, 4) is 0 Å². The second kappa shape index (κ2) is 5.86. The smallest absolute Gasteiger partial charge is 0.278 e. The minimum absolute atomic E-state index is 0.0962. The molecule has 2 heterocycles. The first-order valence-electron chi connectivity index (χ1n) is 7.65. The van der Waals surface area contributed by atoms with Gasteiger partial charge in [0.2, 0.25) is 9.99 Å². The zero-order valence-corrected chi connectivity index (χ0v) is 15.9. The van der Waals surface area contributed by atoms with E-state index < -0.39 is 10.0 Å². The Balaban J connectivity index is 2.07. The minimum atomic E-state index is -3.77. The van der Waals surface area contributed by atoms with Crippen LogP contribution in [0.2, 0.25) is 0 Å². The van der Waals surface area contributed by atoms with E-state index in [1.807, 2.05) is 39.8 Å². The molecule has 0 spiro atoms. The van der Waals surface area contributed by atoms with E-state index in [1.165, 1.54) is 15.9 Å². The van der Waals surface area contributed by atoms with Crippen molar-refractivity contribution < 1.29 is 8.42 Å². The van der Waals surface area contributed by atoms with E-state index in [4.69, 9.17) is 0 Å². The van der Waals surface area contributed by atoms with Gasteiger partial charge in [0.25, 0.3) is 10.0 Å². The van der Waals surface area contributed by atoms with Gasteiger partial charge in [0.1, 0.15) is 5.01 Å². The third kappa shape index (κ3) is 2.91. The van der Waals surface area contributed by atoms with E-state index in [1.54, 1.807) is 13.0 Å². The molecule has 0 radical (unpaired) electrons. The van der Waals surface area contributed by atoms with Gasteiger partial charge in [-0.15, -0.1) is 0 Å². The average Bonchev–Trinajstić information content (AvgIpc) is 2.98. The van der Waals surface area contributed by atoms with Crippen molar-refractivity contribution in [3.63, 3.8) is 0 Å². The van der Waals surface area contributed by atoms with Gasteiger partial charge in [0, 0.05) is 11.6 Å². The van der Waals surface area contributed by atoms with Crippen molar-refractivity contribution in [2.24, 2.45) is 0 Å². The minimum Gasteiger partial charge on any atom is -0.278 e. The lowest BCUT2D eigenvalue weighted by Crippen LogP contribution is -2.17. The van der Waals surface area contributed by atoms with E-state index in [0.717, 1.165) is 16.1 Å². The summed E-state index contributed by atoms with van der Waals surface area (Å²) in [5.74, 6) is 0.222. The molecule has 24 heavy (non-hydrogen) atoms. The highest BCUT2D eigenvalue weighted by atomic mass is 32.2. The van der Waals surface area contributed by atoms with Gasteiger partial charge in [-0.2, -0.15) is 18.0 Å². The van der Waals surface area contributed by atoms with Crippen LogP contribution in [0.4, 0.5) is 5.69 Å². The molecule has 0 fully saturated rings. The normalized spacial score (nSPS) is 12.2. The molecular weight excluding hydrogens is 344 g/mol. The Morgan fingerprint density at radius 2 is 1.88 bits per heavy atom. The van der Waals surface area contributed by atoms with Crippen molar-refractivity contribution in [1.29, 1.82) is 0 Å². The molecule has 0 unspecified atom stereocenters. The Hall–Kier alpha value is -1.93. The van der Waals surface area contributed by atoms with E-state index in [9.17, 15) is 8.42 Å². The highest BCUT2D eigenvalue weighted by Gasteiger charge is 2.26. The Bertz CT molecular complexity index is 1020. The van der Waals surface area contributed by atoms with Crippen LogP contribution < -0.4 is 4.72 Å². The number of nitrogens with one attached hydrogen (secondary N) is 1. The predicted octanol–water partition coefficient (Wildman–Crippen LogP) is 3.64. The Morgan fingerprint density at radius 1 is 1.17 bits per heavy atom. The molecule has 0 aliphatic heterocycles. The topological polar surface area (TPSA) is 76.4 Å². The largest absolute Gasteiger partial charge is 0.281 e. The molecular formula is C16H20N4O2S2. The molecule has 0 aliphatic carbocycles. The van der Waals surface area contributed by atoms with Gasteiger partial charge in [-0.05, 0) is 44.0 Å². The summed E-state index contributed by atoms with van der Waals surface area (Å²) < 4.78 is 29.8. The molecule has 0 saturated heterocycles. The van der Waals surface area contributed by atoms with Crippen LogP contribution in [-0.4, -0.2) is 23.0 Å². The molecule has 1 aromatic carbocycles. The van der Waals surface area contributed by atoms with Crippen LogP contribution in [0.15, 0.2) is 23.2 Å². The van der Waals surface area contributed by atoms with Crippen molar-refractivity contribution in [1.82, 2.24) is 14.6 Å². The van der Waals surface area contributed by atoms with E-state index in [2.05, 4.69) is 14.8 Å². The van der Waals surface area contributed by atoms with Gasteiger partial charge in [-0.3, -0.25) is 4.72 Å². The number of aryl methyl sites for hydroxylation is 3. The fraction of sp³-hybridized carbons (Fsp3) is 0.375. The predicted molar refractivity (Wildman–Crippen MR) is 96.4 cm³/mol. The second-order valence-corrected chi connectivity index (χ2v) is 8.78. The fourth-order valence-corrected chi connectivity index (χ4v) is 4.72. The van der Waals surface area contributed by atoms with E-state index in [-0.39, 0.29) is 10.9 Å². The maximum absolute atomic E-state index is 12.9. The number of nitrogens with zero attached hydrogens (tertiary/aromatic N) is 3. The molecule has 0 bridgehead atoms. The zero-order chi connectivity index (χ0) is 17.6. The van der Waals surface area contributed by atoms with Crippen molar-refractivity contribution in [2.75, 3.05) is 4.72 Å². The van der Waals surface area contributed by atoms with E-state index >= 15 is 0 Å². The monoisotopic (exact) mass is 364 g/mol. The van der Waals surface area contributed by atoms with Crippen molar-refractivity contribution in [3.05, 3.63) is 40.0 Å². The van der Waals surface area contributed by atoms with Gasteiger partial charge in [0.05, 0.1) is 5.69 Å². The summed E-state index contributed by atoms with van der Waals surface area (Å²) in [6.07, 6.45) is 0. The van der Waals surface area contributed by atoms with E-state index in [0.29, 0.717) is 16.3 Å². The molecule has 6 nitrogen and oxygen atoms in total. The molecule has 0 amide bonds. The Labute approximate surface area is 145 Å². The molecule has 1 N–H and O–H groups in total. The maximum Gasteiger partial charge on any atom is 0.281 e. The first kappa shape index (κ1) is 16.9. The van der Waals surface area contributed by atoms with Crippen LogP contribution in [0.3, 0.4) is 0 Å². The second-order valence-electron chi connectivity index (χ2n) is 6.20. The zero-order valence-electron chi connectivity index (χ0n) is 14.3. The summed E-state index contributed by atoms with van der Waals surface area (Å²) in [5.41, 5.74) is 3.12. The van der Waals surface area contributed by atoms with Gasteiger partial charge >= 0.3 is 0 Å². The summed E-state index contributed by atoms with van der Waals surface area (Å²) in [4.78, 5) is 4.95. The van der Waals surface area contributed by atoms with Crippen LogP contribution in [0.25, 0.3) is 4.96 Å². The van der Waals surface area contributed by atoms with Gasteiger partial charge in [-0.25, -0.2) is 4.98 Å². The van der Waals surface area contributed by atoms with Crippen LogP contribution in [-0.2, 0) is 10.0 Å². The number of rotatable bonds is 4. The molecule has 0 saturated carbocycles. The molecule has 3 aromatic rings.